The quantitative estimate of drug-likeness (QED) is 0.761. The first-order chi connectivity index (χ1) is 11.6. The number of ether oxygens (including phenoxy) is 1. The summed E-state index contributed by atoms with van der Waals surface area (Å²) in [6, 6.07) is 1.54. The minimum atomic E-state index is -0.148. The molecule has 3 rings (SSSR count). The number of likely N-dealkylation sites (tertiary alicyclic amines) is 1. The minimum absolute atomic E-state index is 0.0846. The Balaban J connectivity index is 1.74. The second-order valence-corrected chi connectivity index (χ2v) is 7.00. The fourth-order valence-corrected chi connectivity index (χ4v) is 3.86. The zero-order valence-corrected chi connectivity index (χ0v) is 14.8. The third kappa shape index (κ3) is 3.64. The molecule has 7 nitrogen and oxygen atoms in total. The molecule has 1 aliphatic heterocycles. The van der Waals surface area contributed by atoms with E-state index in [9.17, 15) is 9.59 Å². The van der Waals surface area contributed by atoms with Crippen LogP contribution < -0.4 is 5.56 Å². The Bertz CT molecular complexity index is 785. The predicted octanol–water partition coefficient (Wildman–Crippen LogP) is 1.49. The number of fused-ring (bicyclic) bond motifs is 1. The molecule has 2 aromatic heterocycles. The van der Waals surface area contributed by atoms with Gasteiger partial charge in [0.05, 0.1) is 18.2 Å². The second kappa shape index (κ2) is 7.40. The van der Waals surface area contributed by atoms with Crippen molar-refractivity contribution in [2.45, 2.75) is 39.7 Å². The number of nitrogens with zero attached hydrogens (tertiary/aromatic N) is 4. The molecule has 130 valence electrons. The molecule has 0 saturated carbocycles. The van der Waals surface area contributed by atoms with E-state index in [0.717, 1.165) is 36.5 Å². The van der Waals surface area contributed by atoms with Crippen LogP contribution in [0.3, 0.4) is 0 Å². The molecule has 0 unspecified atom stereocenters. The van der Waals surface area contributed by atoms with Gasteiger partial charge in [-0.2, -0.15) is 9.61 Å². The van der Waals surface area contributed by atoms with E-state index in [1.165, 1.54) is 15.9 Å². The Labute approximate surface area is 144 Å². The first-order valence-corrected chi connectivity index (χ1v) is 9.20. The fraction of sp³-hybridized carbons (Fsp3) is 0.625. The van der Waals surface area contributed by atoms with E-state index in [1.807, 2.05) is 13.8 Å². The maximum absolute atomic E-state index is 12.2. The average Bonchev–Trinajstić information content (AvgIpc) is 2.99. The van der Waals surface area contributed by atoms with E-state index < -0.39 is 0 Å². The summed E-state index contributed by atoms with van der Waals surface area (Å²) in [6.07, 6.45) is 2.60. The molecule has 0 amide bonds. The molecule has 0 aliphatic carbocycles. The number of hydrogen-bond acceptors (Lipinski definition) is 7. The number of aryl methyl sites for hydroxylation is 1. The summed E-state index contributed by atoms with van der Waals surface area (Å²) in [4.78, 5) is 31.5. The fourth-order valence-electron chi connectivity index (χ4n) is 3.00. The van der Waals surface area contributed by atoms with Gasteiger partial charge in [-0.15, -0.1) is 0 Å². The van der Waals surface area contributed by atoms with E-state index in [-0.39, 0.29) is 17.4 Å². The summed E-state index contributed by atoms with van der Waals surface area (Å²) in [5.74, 6) is -0.209. The highest BCUT2D eigenvalue weighted by atomic mass is 32.1. The molecule has 0 radical (unpaired) electrons. The highest BCUT2D eigenvalue weighted by molar-refractivity contribution is 7.16. The van der Waals surface area contributed by atoms with Crippen LogP contribution in [0.25, 0.3) is 4.96 Å². The van der Waals surface area contributed by atoms with Crippen LogP contribution in [0.15, 0.2) is 10.9 Å². The summed E-state index contributed by atoms with van der Waals surface area (Å²) >= 11 is 1.45. The third-order valence-electron chi connectivity index (χ3n) is 4.15. The number of esters is 1. The van der Waals surface area contributed by atoms with Gasteiger partial charge in [-0.3, -0.25) is 14.5 Å². The van der Waals surface area contributed by atoms with Crippen LogP contribution >= 0.6 is 11.3 Å². The minimum Gasteiger partial charge on any atom is -0.466 e. The predicted molar refractivity (Wildman–Crippen MR) is 91.1 cm³/mol. The van der Waals surface area contributed by atoms with Crippen LogP contribution in [-0.4, -0.2) is 45.2 Å². The van der Waals surface area contributed by atoms with Crippen molar-refractivity contribution in [1.82, 2.24) is 19.5 Å². The summed E-state index contributed by atoms with van der Waals surface area (Å²) in [6.45, 7) is 6.37. The van der Waals surface area contributed by atoms with Crippen LogP contribution in [-0.2, 0) is 22.5 Å². The van der Waals surface area contributed by atoms with Gasteiger partial charge in [-0.1, -0.05) is 18.3 Å². The smallest absolute Gasteiger partial charge is 0.310 e. The van der Waals surface area contributed by atoms with Gasteiger partial charge in [-0.05, 0) is 32.7 Å². The summed E-state index contributed by atoms with van der Waals surface area (Å²) < 4.78 is 6.50. The first-order valence-electron chi connectivity index (χ1n) is 8.38. The Morgan fingerprint density at radius 3 is 3.04 bits per heavy atom. The summed E-state index contributed by atoms with van der Waals surface area (Å²) in [5.41, 5.74) is 0.584. The molecule has 0 spiro atoms. The SMILES string of the molecule is CCOC(=O)[C@H]1CCCN(Cc2cc(=O)n3nc(CC)sc3n2)C1. The molecular weight excluding hydrogens is 328 g/mol. The van der Waals surface area contributed by atoms with Crippen molar-refractivity contribution in [3.8, 4) is 0 Å². The molecule has 8 heteroatoms. The van der Waals surface area contributed by atoms with Gasteiger partial charge in [0, 0.05) is 19.2 Å². The average molecular weight is 350 g/mol. The largest absolute Gasteiger partial charge is 0.466 e. The molecular formula is C16H22N4O3S. The lowest BCUT2D eigenvalue weighted by atomic mass is 9.98. The lowest BCUT2D eigenvalue weighted by Gasteiger charge is -2.31. The normalized spacial score (nSPS) is 18.8. The van der Waals surface area contributed by atoms with Crippen LogP contribution in [0.2, 0.25) is 0 Å². The number of carbonyl (C=O) groups excluding carboxylic acids is 1. The van der Waals surface area contributed by atoms with Gasteiger partial charge < -0.3 is 4.74 Å². The molecule has 1 saturated heterocycles. The Morgan fingerprint density at radius 1 is 1.46 bits per heavy atom. The molecule has 0 bridgehead atoms. The van der Waals surface area contributed by atoms with Gasteiger partial charge in [0.1, 0.15) is 5.01 Å². The maximum atomic E-state index is 12.2. The number of piperidine rings is 1. The van der Waals surface area contributed by atoms with E-state index in [4.69, 9.17) is 4.74 Å². The van der Waals surface area contributed by atoms with Gasteiger partial charge in [0.25, 0.3) is 5.56 Å². The van der Waals surface area contributed by atoms with Gasteiger partial charge in [0.15, 0.2) is 0 Å². The van der Waals surface area contributed by atoms with Crippen molar-refractivity contribution >= 4 is 22.3 Å². The van der Waals surface area contributed by atoms with Crippen LogP contribution in [0.4, 0.5) is 0 Å². The summed E-state index contributed by atoms with van der Waals surface area (Å²) in [7, 11) is 0. The molecule has 2 aromatic rings. The third-order valence-corrected chi connectivity index (χ3v) is 5.21. The second-order valence-electron chi connectivity index (χ2n) is 5.96. The highest BCUT2D eigenvalue weighted by Crippen LogP contribution is 2.20. The van der Waals surface area contributed by atoms with Crippen molar-refractivity contribution < 1.29 is 9.53 Å². The molecule has 1 fully saturated rings. The Kier molecular flexibility index (Phi) is 5.25. The highest BCUT2D eigenvalue weighted by Gasteiger charge is 2.27. The molecule has 1 aliphatic rings. The standard InChI is InChI=1S/C16H22N4O3S/c1-3-13-18-20-14(21)8-12(17-16(20)24-13)10-19-7-5-6-11(9-19)15(22)23-4-2/h8,11H,3-7,9-10H2,1-2H3/t11-/m0/s1. The van der Waals surface area contributed by atoms with Crippen LogP contribution in [0.1, 0.15) is 37.4 Å². The number of aromatic nitrogens is 3. The Morgan fingerprint density at radius 2 is 2.29 bits per heavy atom. The summed E-state index contributed by atoms with van der Waals surface area (Å²) in [5, 5.41) is 5.16. The van der Waals surface area contributed by atoms with Crippen molar-refractivity contribution in [2.24, 2.45) is 5.92 Å². The lowest BCUT2D eigenvalue weighted by molar-refractivity contribution is -0.150. The molecule has 1 atom stereocenters. The Hall–Kier alpha value is -1.80. The zero-order chi connectivity index (χ0) is 17.1. The van der Waals surface area contributed by atoms with E-state index >= 15 is 0 Å². The number of carbonyl (C=O) groups is 1. The molecule has 0 aromatic carbocycles. The lowest BCUT2D eigenvalue weighted by Crippen LogP contribution is -2.39. The van der Waals surface area contributed by atoms with Gasteiger partial charge in [-0.25, -0.2) is 4.98 Å². The van der Waals surface area contributed by atoms with Crippen molar-refractivity contribution in [2.75, 3.05) is 19.7 Å². The molecule has 24 heavy (non-hydrogen) atoms. The van der Waals surface area contributed by atoms with E-state index in [2.05, 4.69) is 15.0 Å². The maximum Gasteiger partial charge on any atom is 0.310 e. The number of rotatable bonds is 5. The van der Waals surface area contributed by atoms with Crippen molar-refractivity contribution in [1.29, 1.82) is 0 Å². The molecule has 0 N–H and O–H groups in total. The first kappa shape index (κ1) is 17.0. The van der Waals surface area contributed by atoms with Gasteiger partial charge >= 0.3 is 5.97 Å². The molecule has 3 heterocycles. The van der Waals surface area contributed by atoms with Crippen molar-refractivity contribution in [3.63, 3.8) is 0 Å². The number of hydrogen-bond donors (Lipinski definition) is 0. The van der Waals surface area contributed by atoms with Crippen LogP contribution in [0, 0.1) is 5.92 Å². The van der Waals surface area contributed by atoms with Crippen molar-refractivity contribution in [3.05, 3.63) is 27.1 Å². The van der Waals surface area contributed by atoms with E-state index in [0.29, 0.717) is 24.7 Å². The zero-order valence-electron chi connectivity index (χ0n) is 14.0. The van der Waals surface area contributed by atoms with E-state index in [1.54, 1.807) is 6.07 Å². The topological polar surface area (TPSA) is 76.8 Å². The van der Waals surface area contributed by atoms with Gasteiger partial charge in [0.2, 0.25) is 4.96 Å². The van der Waals surface area contributed by atoms with Crippen LogP contribution in [0.5, 0.6) is 0 Å². The monoisotopic (exact) mass is 350 g/mol.